The van der Waals surface area contributed by atoms with Gasteiger partial charge in [-0.1, -0.05) is 170 Å². The smallest absolute Gasteiger partial charge is 0.245 e. The quantitative estimate of drug-likeness (QED) is 0.232. The van der Waals surface area contributed by atoms with E-state index in [1.807, 2.05) is 72.8 Å². The van der Waals surface area contributed by atoms with Crippen molar-refractivity contribution >= 4 is 43.6 Å². The average Bonchev–Trinajstić information content (AvgIpc) is 3.28. The van der Waals surface area contributed by atoms with Crippen molar-refractivity contribution < 1.29 is 74.5 Å². The summed E-state index contributed by atoms with van der Waals surface area (Å²) in [4.78, 5) is 19.8. The van der Waals surface area contributed by atoms with Crippen LogP contribution in [0.4, 0.5) is 0 Å². The largest absolute Gasteiger partial charge is 2.00 e. The Morgan fingerprint density at radius 3 is 0.571 bits per heavy atom. The van der Waals surface area contributed by atoms with Crippen molar-refractivity contribution in [2.45, 2.75) is 0 Å². The SMILES string of the molecule is [Co+2].[O-][Cl+3]([O-])([O-])[O-].[O-][Cl+3]([O-])([O-])[O-].c1ccc(-c2ccc3ccc4ccc(-c5ccccc5)nc4c3n2)cc1.c1ccc(-c2ccc3ccc4ccc(-c5ccccc5)nc4c3n2)cc1. The first kappa shape index (κ1) is 46.2. The summed E-state index contributed by atoms with van der Waals surface area (Å²) >= 11 is 0. The van der Waals surface area contributed by atoms with Gasteiger partial charge in [-0.15, -0.1) is 20.5 Å². The van der Waals surface area contributed by atoms with E-state index < -0.39 is 20.5 Å². The van der Waals surface area contributed by atoms with Gasteiger partial charge in [0.25, 0.3) is 0 Å². The summed E-state index contributed by atoms with van der Waals surface area (Å²) in [6.45, 7) is 0. The molecule has 0 N–H and O–H groups in total. The Morgan fingerprint density at radius 2 is 0.397 bits per heavy atom. The molecular weight excluding hydrogens is 890 g/mol. The molecule has 315 valence electrons. The van der Waals surface area contributed by atoms with Crippen LogP contribution in [0.2, 0.25) is 0 Å². The Labute approximate surface area is 375 Å². The fraction of sp³-hybridized carbons (Fsp3) is 0. The van der Waals surface area contributed by atoms with Crippen molar-refractivity contribution in [3.8, 4) is 45.0 Å². The number of benzene rings is 6. The molecule has 4 heterocycles. The molecule has 4 aromatic heterocycles. The molecule has 0 saturated carbocycles. The number of nitrogens with zero attached hydrogens (tertiary/aromatic N) is 4. The first-order valence-electron chi connectivity index (χ1n) is 18.6. The Kier molecular flexibility index (Phi) is 15.2. The molecule has 0 fully saturated rings. The molecule has 10 aromatic rings. The van der Waals surface area contributed by atoms with Gasteiger partial charge in [0.15, 0.2) is 0 Å². The van der Waals surface area contributed by atoms with E-state index in [2.05, 4.69) is 121 Å². The molecule has 6 aromatic carbocycles. The topological polar surface area (TPSA) is 236 Å². The van der Waals surface area contributed by atoms with E-state index in [9.17, 15) is 0 Å². The summed E-state index contributed by atoms with van der Waals surface area (Å²) < 4.78 is 67.9. The van der Waals surface area contributed by atoms with Gasteiger partial charge in [-0.3, -0.25) is 0 Å². The predicted octanol–water partition coefficient (Wildman–Crippen LogP) is 2.72. The fourth-order valence-electron chi connectivity index (χ4n) is 6.61. The number of fused-ring (bicyclic) bond motifs is 6. The maximum atomic E-state index is 8.49. The van der Waals surface area contributed by atoms with Crippen molar-refractivity contribution in [1.29, 1.82) is 0 Å². The molecule has 1 radical (unpaired) electrons. The summed E-state index contributed by atoms with van der Waals surface area (Å²) in [6, 6.07) is 66.3. The molecule has 0 amide bonds. The van der Waals surface area contributed by atoms with Crippen LogP contribution in [0.3, 0.4) is 0 Å². The van der Waals surface area contributed by atoms with Crippen molar-refractivity contribution in [3.63, 3.8) is 0 Å². The van der Waals surface area contributed by atoms with Crippen LogP contribution in [0.15, 0.2) is 194 Å². The van der Waals surface area contributed by atoms with Crippen LogP contribution in [-0.4, -0.2) is 19.9 Å². The van der Waals surface area contributed by atoms with Crippen LogP contribution in [-0.2, 0) is 16.8 Å². The van der Waals surface area contributed by atoms with E-state index >= 15 is 0 Å². The van der Waals surface area contributed by atoms with Gasteiger partial charge >= 0.3 is 16.8 Å². The molecule has 0 aliphatic heterocycles. The third-order valence-corrected chi connectivity index (χ3v) is 9.32. The minimum Gasteiger partial charge on any atom is -0.245 e. The van der Waals surface area contributed by atoms with E-state index in [4.69, 9.17) is 57.2 Å². The fourth-order valence-corrected chi connectivity index (χ4v) is 6.61. The first-order valence-corrected chi connectivity index (χ1v) is 21.1. The van der Waals surface area contributed by atoms with Gasteiger partial charge in [-0.2, -0.15) is 0 Å². The van der Waals surface area contributed by atoms with E-state index in [1.54, 1.807) is 0 Å². The molecule has 0 aliphatic rings. The normalized spacial score (nSPS) is 11.0. The molecule has 63 heavy (non-hydrogen) atoms. The van der Waals surface area contributed by atoms with Crippen LogP contribution in [0.1, 0.15) is 0 Å². The second-order valence-corrected chi connectivity index (χ2v) is 14.9. The van der Waals surface area contributed by atoms with E-state index in [0.29, 0.717) is 0 Å². The summed E-state index contributed by atoms with van der Waals surface area (Å²) in [5.41, 5.74) is 12.1. The number of hydrogen-bond acceptors (Lipinski definition) is 12. The maximum absolute atomic E-state index is 8.49. The van der Waals surface area contributed by atoms with Gasteiger partial charge in [0.2, 0.25) is 0 Å². The molecule has 10 rings (SSSR count). The van der Waals surface area contributed by atoms with Gasteiger partial charge in [0, 0.05) is 43.8 Å². The minimum absolute atomic E-state index is 0. The second-order valence-electron chi connectivity index (χ2n) is 13.4. The Morgan fingerprint density at radius 1 is 0.238 bits per heavy atom. The summed E-state index contributed by atoms with van der Waals surface area (Å²) in [5.74, 6) is 0. The van der Waals surface area contributed by atoms with Gasteiger partial charge < -0.3 is 0 Å². The zero-order chi connectivity index (χ0) is 43.7. The van der Waals surface area contributed by atoms with Gasteiger partial charge in [0.05, 0.1) is 44.8 Å². The number of hydrogen-bond donors (Lipinski definition) is 0. The molecule has 0 saturated heterocycles. The van der Waals surface area contributed by atoms with Crippen molar-refractivity contribution in [3.05, 3.63) is 194 Å². The van der Waals surface area contributed by atoms with Gasteiger partial charge in [-0.05, 0) is 24.3 Å². The molecule has 15 heteroatoms. The Balaban J connectivity index is 0.000000171. The molecule has 0 aliphatic carbocycles. The molecule has 0 unspecified atom stereocenters. The standard InChI is InChI=1S/2C24H16N2.2ClHO4.Co/c2*1-3-7-17(8-4-1)21-15-13-19-11-12-20-14-16-22(18-9-5-2-6-10-18)26-24(20)23(19)25-21;2*2-1(3,4)5;/h2*1-16H;2*(H,2,3,4,5);/q;;;;+2/p-2. The van der Waals surface area contributed by atoms with Crippen LogP contribution < -0.4 is 37.3 Å². The number of aromatic nitrogens is 4. The molecule has 12 nitrogen and oxygen atoms in total. The third kappa shape index (κ3) is 12.9. The van der Waals surface area contributed by atoms with Crippen LogP contribution in [0, 0.1) is 20.5 Å². The van der Waals surface area contributed by atoms with Crippen molar-refractivity contribution in [1.82, 2.24) is 19.9 Å². The summed E-state index contributed by atoms with van der Waals surface area (Å²) in [7, 11) is -9.89. The Hall–Kier alpha value is -6.27. The van der Waals surface area contributed by atoms with Crippen LogP contribution in [0.5, 0.6) is 0 Å². The molecule has 0 spiro atoms. The molecule has 0 bridgehead atoms. The van der Waals surface area contributed by atoms with E-state index in [-0.39, 0.29) is 16.8 Å². The van der Waals surface area contributed by atoms with Crippen LogP contribution >= 0.6 is 0 Å². The average molecular weight is 923 g/mol. The second kappa shape index (κ2) is 20.7. The Bertz CT molecular complexity index is 2660. The first-order chi connectivity index (χ1) is 29.8. The van der Waals surface area contributed by atoms with Crippen molar-refractivity contribution in [2.24, 2.45) is 0 Å². The number of rotatable bonds is 4. The molecular formula is C48H32Cl2CoN4O8. The summed E-state index contributed by atoms with van der Waals surface area (Å²) in [6.07, 6.45) is 0. The van der Waals surface area contributed by atoms with Crippen molar-refractivity contribution in [2.75, 3.05) is 0 Å². The maximum Gasteiger partial charge on any atom is 2.00 e. The zero-order valence-electron chi connectivity index (χ0n) is 32.6. The third-order valence-electron chi connectivity index (χ3n) is 9.32. The monoisotopic (exact) mass is 921 g/mol. The number of pyridine rings is 4. The van der Waals surface area contributed by atoms with Gasteiger partial charge in [0.1, 0.15) is 0 Å². The van der Waals surface area contributed by atoms with E-state index in [0.717, 1.165) is 88.6 Å². The zero-order valence-corrected chi connectivity index (χ0v) is 35.2. The molecule has 0 atom stereocenters. The minimum atomic E-state index is -4.94. The summed E-state index contributed by atoms with van der Waals surface area (Å²) in [5, 5.41) is 4.43. The predicted molar refractivity (Wildman–Crippen MR) is 216 cm³/mol. The van der Waals surface area contributed by atoms with Crippen LogP contribution in [0.25, 0.3) is 88.6 Å². The van der Waals surface area contributed by atoms with Gasteiger partial charge in [-0.25, -0.2) is 57.2 Å². The van der Waals surface area contributed by atoms with E-state index in [1.165, 1.54) is 0 Å². The number of halogens is 2.